The van der Waals surface area contributed by atoms with Crippen LogP contribution in [0.1, 0.15) is 31.6 Å². The fourth-order valence-corrected chi connectivity index (χ4v) is 4.43. The Labute approximate surface area is 146 Å². The predicted octanol–water partition coefficient (Wildman–Crippen LogP) is 2.86. The largest absolute Gasteiger partial charge is 0.481 e. The second-order valence-corrected chi connectivity index (χ2v) is 7.27. The van der Waals surface area contributed by atoms with Gasteiger partial charge in [0.15, 0.2) is 0 Å². The number of hydrogen-bond acceptors (Lipinski definition) is 5. The Bertz CT molecular complexity index is 745. The SMILES string of the molecule is O=C(O)[C@@]12CCC[C@H]1CN(CCCc1nc(-c3ccccc3)no1)C2. The average molecular weight is 341 g/mol. The van der Waals surface area contributed by atoms with Crippen LogP contribution in [0.3, 0.4) is 0 Å². The molecule has 1 aromatic heterocycles. The quantitative estimate of drug-likeness (QED) is 0.870. The first-order valence-corrected chi connectivity index (χ1v) is 9.01. The summed E-state index contributed by atoms with van der Waals surface area (Å²) in [6.07, 6.45) is 4.55. The van der Waals surface area contributed by atoms with Gasteiger partial charge in [-0.2, -0.15) is 4.98 Å². The van der Waals surface area contributed by atoms with Crippen LogP contribution in [0.4, 0.5) is 0 Å². The number of carboxylic acids is 1. The van der Waals surface area contributed by atoms with Crippen molar-refractivity contribution in [1.29, 1.82) is 0 Å². The molecule has 2 aromatic rings. The lowest BCUT2D eigenvalue weighted by atomic mass is 9.81. The van der Waals surface area contributed by atoms with Crippen LogP contribution in [0.15, 0.2) is 34.9 Å². The van der Waals surface area contributed by atoms with E-state index in [9.17, 15) is 9.90 Å². The van der Waals surface area contributed by atoms with E-state index in [1.807, 2.05) is 30.3 Å². The number of hydrogen-bond donors (Lipinski definition) is 1. The van der Waals surface area contributed by atoms with Gasteiger partial charge in [-0.1, -0.05) is 41.9 Å². The van der Waals surface area contributed by atoms with Crippen molar-refractivity contribution in [3.8, 4) is 11.4 Å². The normalized spacial score (nSPS) is 26.0. The van der Waals surface area contributed by atoms with Gasteiger partial charge in [-0.3, -0.25) is 4.79 Å². The fraction of sp³-hybridized carbons (Fsp3) is 0.526. The third kappa shape index (κ3) is 3.06. The van der Waals surface area contributed by atoms with Gasteiger partial charge in [-0.05, 0) is 31.7 Å². The third-order valence-electron chi connectivity index (χ3n) is 5.73. The van der Waals surface area contributed by atoms with E-state index in [1.54, 1.807) is 0 Å². The van der Waals surface area contributed by atoms with Crippen molar-refractivity contribution in [2.75, 3.05) is 19.6 Å². The van der Waals surface area contributed by atoms with E-state index < -0.39 is 11.4 Å². The van der Waals surface area contributed by atoms with Crippen molar-refractivity contribution in [1.82, 2.24) is 15.0 Å². The molecule has 0 spiro atoms. The summed E-state index contributed by atoms with van der Waals surface area (Å²) in [5.41, 5.74) is 0.457. The molecule has 0 radical (unpaired) electrons. The molecule has 6 heteroatoms. The van der Waals surface area contributed by atoms with Crippen LogP contribution in [-0.4, -0.2) is 45.8 Å². The van der Waals surface area contributed by atoms with Crippen LogP contribution in [0, 0.1) is 11.3 Å². The number of carbonyl (C=O) groups is 1. The highest BCUT2D eigenvalue weighted by Gasteiger charge is 2.54. The van der Waals surface area contributed by atoms with Gasteiger partial charge in [0.25, 0.3) is 0 Å². The van der Waals surface area contributed by atoms with Gasteiger partial charge < -0.3 is 14.5 Å². The zero-order chi connectivity index (χ0) is 17.3. The molecule has 132 valence electrons. The van der Waals surface area contributed by atoms with Crippen LogP contribution >= 0.6 is 0 Å². The summed E-state index contributed by atoms with van der Waals surface area (Å²) in [7, 11) is 0. The Morgan fingerprint density at radius 2 is 2.20 bits per heavy atom. The summed E-state index contributed by atoms with van der Waals surface area (Å²) in [4.78, 5) is 18.5. The van der Waals surface area contributed by atoms with Crippen molar-refractivity contribution < 1.29 is 14.4 Å². The molecule has 2 aliphatic rings. The maximum absolute atomic E-state index is 11.7. The van der Waals surface area contributed by atoms with Gasteiger partial charge >= 0.3 is 5.97 Å². The smallest absolute Gasteiger partial charge is 0.311 e. The maximum atomic E-state index is 11.7. The fourth-order valence-electron chi connectivity index (χ4n) is 4.43. The van der Waals surface area contributed by atoms with Gasteiger partial charge in [0.2, 0.25) is 11.7 Å². The number of likely N-dealkylation sites (tertiary alicyclic amines) is 1. The predicted molar refractivity (Wildman–Crippen MR) is 91.9 cm³/mol. The number of fused-ring (bicyclic) bond motifs is 1. The third-order valence-corrected chi connectivity index (χ3v) is 5.73. The van der Waals surface area contributed by atoms with Crippen LogP contribution in [0.2, 0.25) is 0 Å². The molecular weight excluding hydrogens is 318 g/mol. The molecule has 4 rings (SSSR count). The zero-order valence-electron chi connectivity index (χ0n) is 14.2. The minimum Gasteiger partial charge on any atom is -0.481 e. The minimum absolute atomic E-state index is 0.318. The van der Waals surface area contributed by atoms with Crippen molar-refractivity contribution in [2.45, 2.75) is 32.1 Å². The molecule has 2 atom stereocenters. The van der Waals surface area contributed by atoms with Gasteiger partial charge in [-0.15, -0.1) is 0 Å². The molecule has 2 heterocycles. The summed E-state index contributed by atoms with van der Waals surface area (Å²) in [6.45, 7) is 2.48. The topological polar surface area (TPSA) is 79.5 Å². The summed E-state index contributed by atoms with van der Waals surface area (Å²) in [5, 5.41) is 13.7. The minimum atomic E-state index is -0.609. The lowest BCUT2D eigenvalue weighted by molar-refractivity contribution is -0.149. The van der Waals surface area contributed by atoms with E-state index in [-0.39, 0.29) is 0 Å². The molecule has 1 aliphatic heterocycles. The number of carboxylic acid groups (broad SMARTS) is 1. The van der Waals surface area contributed by atoms with E-state index in [4.69, 9.17) is 4.52 Å². The highest BCUT2D eigenvalue weighted by Crippen LogP contribution is 2.48. The molecule has 6 nitrogen and oxygen atoms in total. The van der Waals surface area contributed by atoms with Crippen LogP contribution in [0.5, 0.6) is 0 Å². The molecular formula is C19H23N3O3. The molecule has 2 fully saturated rings. The molecule has 0 amide bonds. The van der Waals surface area contributed by atoms with E-state index >= 15 is 0 Å². The Morgan fingerprint density at radius 3 is 2.96 bits per heavy atom. The van der Waals surface area contributed by atoms with Gasteiger partial charge in [0, 0.05) is 25.1 Å². The number of benzene rings is 1. The molecule has 25 heavy (non-hydrogen) atoms. The Hall–Kier alpha value is -2.21. The number of nitrogens with zero attached hydrogens (tertiary/aromatic N) is 3. The molecule has 1 saturated carbocycles. The number of aryl methyl sites for hydroxylation is 1. The monoisotopic (exact) mass is 341 g/mol. The summed E-state index contributed by atoms with van der Waals surface area (Å²) >= 11 is 0. The van der Waals surface area contributed by atoms with Crippen LogP contribution < -0.4 is 0 Å². The van der Waals surface area contributed by atoms with E-state index in [0.29, 0.717) is 24.2 Å². The first kappa shape index (κ1) is 16.3. The van der Waals surface area contributed by atoms with Crippen molar-refractivity contribution >= 4 is 5.97 Å². The average Bonchev–Trinajstić information content (AvgIpc) is 3.30. The second kappa shape index (κ2) is 6.59. The van der Waals surface area contributed by atoms with Crippen LogP contribution in [0.25, 0.3) is 11.4 Å². The van der Waals surface area contributed by atoms with E-state index in [1.165, 1.54) is 0 Å². The Kier molecular flexibility index (Phi) is 4.29. The van der Waals surface area contributed by atoms with Crippen LogP contribution in [-0.2, 0) is 11.2 Å². The first-order valence-electron chi connectivity index (χ1n) is 9.01. The van der Waals surface area contributed by atoms with E-state index in [2.05, 4.69) is 15.0 Å². The summed E-state index contributed by atoms with van der Waals surface area (Å²) < 4.78 is 5.34. The highest BCUT2D eigenvalue weighted by atomic mass is 16.5. The van der Waals surface area contributed by atoms with Crippen molar-refractivity contribution in [2.24, 2.45) is 11.3 Å². The molecule has 0 bridgehead atoms. The summed E-state index contributed by atoms with van der Waals surface area (Å²) in [6, 6.07) is 9.79. The van der Waals surface area contributed by atoms with Gasteiger partial charge in [-0.25, -0.2) is 0 Å². The highest BCUT2D eigenvalue weighted by molar-refractivity contribution is 5.76. The number of aliphatic carboxylic acids is 1. The Balaban J connectivity index is 1.31. The molecule has 1 aliphatic carbocycles. The molecule has 1 N–H and O–H groups in total. The van der Waals surface area contributed by atoms with Gasteiger partial charge in [0.1, 0.15) is 0 Å². The molecule has 1 saturated heterocycles. The lowest BCUT2D eigenvalue weighted by Gasteiger charge is -2.23. The standard InChI is InChI=1S/C19H23N3O3/c23-18(24)19-10-4-8-15(19)12-22(13-19)11-5-9-16-20-17(21-25-16)14-6-2-1-3-7-14/h1-3,6-7,15H,4-5,8-13H2,(H,23,24)/t15-,19+/m0/s1. The second-order valence-electron chi connectivity index (χ2n) is 7.27. The summed E-state index contributed by atoms with van der Waals surface area (Å²) in [5.74, 6) is 0.974. The van der Waals surface area contributed by atoms with E-state index in [0.717, 1.165) is 50.8 Å². The van der Waals surface area contributed by atoms with Crippen molar-refractivity contribution in [3.05, 3.63) is 36.2 Å². The van der Waals surface area contributed by atoms with Gasteiger partial charge in [0.05, 0.1) is 5.41 Å². The lowest BCUT2D eigenvalue weighted by Crippen LogP contribution is -2.35. The first-order chi connectivity index (χ1) is 12.2. The number of rotatable bonds is 6. The molecule has 1 aromatic carbocycles. The zero-order valence-corrected chi connectivity index (χ0v) is 14.2. The maximum Gasteiger partial charge on any atom is 0.311 e. The number of aromatic nitrogens is 2. The Morgan fingerprint density at radius 1 is 1.36 bits per heavy atom. The van der Waals surface area contributed by atoms with Crippen molar-refractivity contribution in [3.63, 3.8) is 0 Å². The molecule has 0 unspecified atom stereocenters.